The van der Waals surface area contributed by atoms with Crippen molar-refractivity contribution in [3.8, 4) is 51.0 Å². The van der Waals surface area contributed by atoms with E-state index < -0.39 is 0 Å². The van der Waals surface area contributed by atoms with Gasteiger partial charge in [-0.05, 0) is 65.1 Å². The molecule has 3 heterocycles. The van der Waals surface area contributed by atoms with Crippen LogP contribution in [-0.4, -0.2) is 19.5 Å². The molecule has 0 saturated heterocycles. The molecule has 1 aliphatic carbocycles. The van der Waals surface area contributed by atoms with Crippen LogP contribution < -0.4 is 10.6 Å². The molecule has 0 aliphatic heterocycles. The molecule has 7 aromatic carbocycles. The SMILES string of the molecule is C=c1/c(=C(\C=C/C)c2cccc(-c3nc(-c4ccccc4)nc(-c4ccccc4)n3)c2)oc2c(-n3c4ccccc4c4cc5c(cc43)C(C)(C)c3ccccc3-5)cccc12. The Morgan fingerprint density at radius 3 is 1.92 bits per heavy atom. The number of benzene rings is 7. The van der Waals surface area contributed by atoms with Gasteiger partial charge in [-0.3, -0.25) is 0 Å². The lowest BCUT2D eigenvalue weighted by atomic mass is 9.82. The summed E-state index contributed by atoms with van der Waals surface area (Å²) >= 11 is 0. The monoisotopic (exact) mass is 772 g/mol. The highest BCUT2D eigenvalue weighted by Crippen LogP contribution is 2.51. The number of furan rings is 1. The van der Waals surface area contributed by atoms with E-state index in [9.17, 15) is 0 Å². The third-order valence-electron chi connectivity index (χ3n) is 12.1. The lowest BCUT2D eigenvalue weighted by molar-refractivity contribution is 0.572. The molecule has 0 fully saturated rings. The van der Waals surface area contributed by atoms with E-state index in [1.165, 1.54) is 33.0 Å². The maximum atomic E-state index is 7.09. The Morgan fingerprint density at radius 1 is 0.567 bits per heavy atom. The first-order valence-electron chi connectivity index (χ1n) is 20.4. The van der Waals surface area contributed by atoms with Gasteiger partial charge in [0.1, 0.15) is 5.42 Å². The minimum atomic E-state index is -0.135. The summed E-state index contributed by atoms with van der Waals surface area (Å²) in [4.78, 5) is 14.9. The van der Waals surface area contributed by atoms with Crippen molar-refractivity contribution < 1.29 is 4.42 Å². The Kier molecular flexibility index (Phi) is 8.14. The molecule has 60 heavy (non-hydrogen) atoms. The van der Waals surface area contributed by atoms with E-state index in [1.807, 2.05) is 73.7 Å². The zero-order chi connectivity index (χ0) is 40.5. The first-order chi connectivity index (χ1) is 29.4. The summed E-state index contributed by atoms with van der Waals surface area (Å²) in [7, 11) is 0. The van der Waals surface area contributed by atoms with E-state index in [1.54, 1.807) is 0 Å². The summed E-state index contributed by atoms with van der Waals surface area (Å²) in [6.07, 6.45) is 4.15. The third kappa shape index (κ3) is 5.50. The summed E-state index contributed by atoms with van der Waals surface area (Å²) in [6, 6.07) is 57.2. The fraction of sp³-hybridized carbons (Fsp3) is 0.0727. The quantitative estimate of drug-likeness (QED) is 0.169. The summed E-state index contributed by atoms with van der Waals surface area (Å²) in [5.74, 6) is 1.83. The van der Waals surface area contributed by atoms with E-state index in [2.05, 4.69) is 134 Å². The zero-order valence-electron chi connectivity index (χ0n) is 33.6. The third-order valence-corrected chi connectivity index (χ3v) is 12.1. The van der Waals surface area contributed by atoms with Crippen LogP contribution in [0.3, 0.4) is 0 Å². The Morgan fingerprint density at radius 2 is 1.18 bits per heavy atom. The molecule has 0 radical (unpaired) electrons. The van der Waals surface area contributed by atoms with Crippen LogP contribution in [0, 0.1) is 0 Å². The average molecular weight is 773 g/mol. The van der Waals surface area contributed by atoms with Crippen molar-refractivity contribution in [1.29, 1.82) is 0 Å². The zero-order valence-corrected chi connectivity index (χ0v) is 33.6. The van der Waals surface area contributed by atoms with E-state index >= 15 is 0 Å². The lowest BCUT2D eigenvalue weighted by Crippen LogP contribution is -2.21. The second kappa shape index (κ2) is 13.7. The Labute approximate surface area is 348 Å². The lowest BCUT2D eigenvalue weighted by Gasteiger charge is -2.21. The van der Waals surface area contributed by atoms with Gasteiger partial charge in [-0.15, -0.1) is 0 Å². The van der Waals surface area contributed by atoms with Gasteiger partial charge in [-0.2, -0.15) is 0 Å². The van der Waals surface area contributed by atoms with Crippen molar-refractivity contribution in [2.24, 2.45) is 0 Å². The van der Waals surface area contributed by atoms with Gasteiger partial charge in [0.25, 0.3) is 0 Å². The Bertz CT molecular complexity index is 3430. The number of nitrogens with zero attached hydrogens (tertiary/aromatic N) is 4. The summed E-state index contributed by atoms with van der Waals surface area (Å²) < 4.78 is 9.47. The average Bonchev–Trinajstić information content (AvgIpc) is 3.89. The number of para-hydroxylation sites is 2. The molecule has 10 aromatic rings. The highest BCUT2D eigenvalue weighted by molar-refractivity contribution is 6.12. The van der Waals surface area contributed by atoms with Gasteiger partial charge >= 0.3 is 0 Å². The fourth-order valence-electron chi connectivity index (χ4n) is 9.21. The first-order valence-corrected chi connectivity index (χ1v) is 20.4. The van der Waals surface area contributed by atoms with Gasteiger partial charge in [0.2, 0.25) is 0 Å². The molecule has 286 valence electrons. The number of hydrogen-bond acceptors (Lipinski definition) is 4. The van der Waals surface area contributed by atoms with Crippen LogP contribution in [0.5, 0.6) is 0 Å². The molecule has 0 saturated carbocycles. The van der Waals surface area contributed by atoms with E-state index in [-0.39, 0.29) is 5.41 Å². The normalized spacial score (nSPS) is 13.7. The fourth-order valence-corrected chi connectivity index (χ4v) is 9.21. The molecule has 5 heteroatoms. The van der Waals surface area contributed by atoms with Crippen LogP contribution in [0.2, 0.25) is 0 Å². The number of hydrogen-bond donors (Lipinski definition) is 0. The number of aromatic nitrogens is 4. The number of rotatable bonds is 6. The van der Waals surface area contributed by atoms with Gasteiger partial charge in [0, 0.05) is 49.1 Å². The molecule has 0 atom stereocenters. The van der Waals surface area contributed by atoms with E-state index in [4.69, 9.17) is 19.4 Å². The molecule has 0 spiro atoms. The van der Waals surface area contributed by atoms with Gasteiger partial charge in [-0.1, -0.05) is 166 Å². The molecule has 5 nitrogen and oxygen atoms in total. The maximum absolute atomic E-state index is 7.09. The first kappa shape index (κ1) is 35.5. The van der Waals surface area contributed by atoms with Crippen molar-refractivity contribution in [2.75, 3.05) is 0 Å². The molecule has 0 amide bonds. The van der Waals surface area contributed by atoms with Crippen LogP contribution in [0.1, 0.15) is 37.5 Å². The van der Waals surface area contributed by atoms with Crippen molar-refractivity contribution in [2.45, 2.75) is 26.2 Å². The van der Waals surface area contributed by atoms with Gasteiger partial charge in [0.15, 0.2) is 23.1 Å². The standard InChI is InChI=1S/C55H40N4O/c1-5-18-40(37-23-16-24-38(31-37)54-57-52(35-19-8-6-9-20-35)56-53(58-54)36-21-10-7-11-22-36)50-34(2)39-27-17-30-48(51(39)60-50)59-47-29-15-13-26-42(47)44-32-43-41-25-12-14-28-45(41)55(3,4)46(43)33-49(44)59/h5-33H,2H2,1,3-4H3/b18-5-,50-40-. The van der Waals surface area contributed by atoms with Crippen LogP contribution in [-0.2, 0) is 5.41 Å². The highest BCUT2D eigenvalue weighted by atomic mass is 16.3. The van der Waals surface area contributed by atoms with E-state index in [0.717, 1.165) is 66.2 Å². The van der Waals surface area contributed by atoms with Gasteiger partial charge < -0.3 is 8.98 Å². The summed E-state index contributed by atoms with van der Waals surface area (Å²) in [5, 5.41) is 4.23. The Hall–Kier alpha value is -7.63. The van der Waals surface area contributed by atoms with Crippen LogP contribution in [0.15, 0.2) is 180 Å². The molecular weight excluding hydrogens is 733 g/mol. The molecular formula is C55H40N4O. The summed E-state index contributed by atoms with van der Waals surface area (Å²) in [5.41, 5.74) is 14.6. The topological polar surface area (TPSA) is 56.7 Å². The molecule has 0 unspecified atom stereocenters. The van der Waals surface area contributed by atoms with Gasteiger partial charge in [0.05, 0.1) is 16.7 Å². The van der Waals surface area contributed by atoms with E-state index in [0.29, 0.717) is 17.5 Å². The maximum Gasteiger partial charge on any atom is 0.164 e. The smallest absolute Gasteiger partial charge is 0.164 e. The number of allylic oxidation sites excluding steroid dienone is 2. The predicted octanol–water partition coefficient (Wildman–Crippen LogP) is 12.2. The Balaban J connectivity index is 1.11. The molecule has 0 bridgehead atoms. The van der Waals surface area contributed by atoms with Crippen LogP contribution >= 0.6 is 0 Å². The van der Waals surface area contributed by atoms with Crippen molar-refractivity contribution in [1.82, 2.24) is 19.5 Å². The molecule has 0 N–H and O–H groups in total. The molecule has 11 rings (SSSR count). The molecule has 3 aromatic heterocycles. The minimum Gasteiger partial charge on any atom is -0.453 e. The summed E-state index contributed by atoms with van der Waals surface area (Å²) in [6.45, 7) is 11.4. The second-order valence-corrected chi connectivity index (χ2v) is 16.0. The molecule has 1 aliphatic rings. The largest absolute Gasteiger partial charge is 0.453 e. The van der Waals surface area contributed by atoms with Gasteiger partial charge in [-0.25, -0.2) is 15.0 Å². The second-order valence-electron chi connectivity index (χ2n) is 16.0. The van der Waals surface area contributed by atoms with Crippen molar-refractivity contribution >= 4 is 44.9 Å². The van der Waals surface area contributed by atoms with Crippen LogP contribution in [0.25, 0.3) is 95.9 Å². The highest BCUT2D eigenvalue weighted by Gasteiger charge is 2.36. The van der Waals surface area contributed by atoms with Crippen molar-refractivity contribution in [3.63, 3.8) is 0 Å². The van der Waals surface area contributed by atoms with Crippen LogP contribution in [0.4, 0.5) is 0 Å². The predicted molar refractivity (Wildman–Crippen MR) is 246 cm³/mol. The minimum absolute atomic E-state index is 0.135. The van der Waals surface area contributed by atoms with Crippen molar-refractivity contribution in [3.05, 3.63) is 203 Å². The number of fused-ring (bicyclic) bond motifs is 7.